The lowest BCUT2D eigenvalue weighted by atomic mass is 10.3. The lowest BCUT2D eigenvalue weighted by Gasteiger charge is -2.11. The molecule has 1 atom stereocenters. The molecule has 1 aromatic carbocycles. The first-order chi connectivity index (χ1) is 6.11. The molecule has 2 nitrogen and oxygen atoms in total. The zero-order valence-electron chi connectivity index (χ0n) is 7.58. The van der Waals surface area contributed by atoms with Crippen molar-refractivity contribution < 1.29 is 13.9 Å². The van der Waals surface area contributed by atoms with E-state index in [1.165, 1.54) is 19.1 Å². The summed E-state index contributed by atoms with van der Waals surface area (Å²) in [5, 5.41) is 0. The molecule has 0 fully saturated rings. The predicted molar refractivity (Wildman–Crippen MR) is 47.2 cm³/mol. The van der Waals surface area contributed by atoms with E-state index in [2.05, 4.69) is 0 Å². The quantitative estimate of drug-likeness (QED) is 0.716. The molecule has 3 heteroatoms. The van der Waals surface area contributed by atoms with E-state index in [-0.39, 0.29) is 11.5 Å². The molecule has 0 saturated carbocycles. The van der Waals surface area contributed by atoms with Crippen molar-refractivity contribution in [1.82, 2.24) is 0 Å². The topological polar surface area (TPSA) is 26.3 Å². The number of carbonyl (C=O) groups excluding carboxylic acids is 1. The molecule has 0 aliphatic carbocycles. The molecular formula is C10H11FO2. The maximum absolute atomic E-state index is 13.0. The van der Waals surface area contributed by atoms with Crippen molar-refractivity contribution in [1.29, 1.82) is 0 Å². The average Bonchev–Trinajstić information content (AvgIpc) is 2.08. The van der Waals surface area contributed by atoms with Crippen LogP contribution in [0.2, 0.25) is 0 Å². The third kappa shape index (κ3) is 2.54. The molecule has 70 valence electrons. The Hall–Kier alpha value is -1.38. The van der Waals surface area contributed by atoms with E-state index >= 15 is 0 Å². The fourth-order valence-electron chi connectivity index (χ4n) is 0.814. The van der Waals surface area contributed by atoms with Crippen molar-refractivity contribution in [3.8, 4) is 5.75 Å². The van der Waals surface area contributed by atoms with Gasteiger partial charge in [0.25, 0.3) is 0 Å². The zero-order valence-corrected chi connectivity index (χ0v) is 7.58. The molecule has 0 bridgehead atoms. The van der Waals surface area contributed by atoms with E-state index in [0.717, 1.165) is 0 Å². The van der Waals surface area contributed by atoms with Gasteiger partial charge in [0.15, 0.2) is 23.5 Å². The summed E-state index contributed by atoms with van der Waals surface area (Å²) >= 11 is 0. The third-order valence-corrected chi connectivity index (χ3v) is 1.71. The number of rotatable bonds is 3. The van der Waals surface area contributed by atoms with Crippen LogP contribution in [0.25, 0.3) is 0 Å². The van der Waals surface area contributed by atoms with Crippen LogP contribution >= 0.6 is 0 Å². The molecule has 0 aliphatic heterocycles. The van der Waals surface area contributed by atoms with Crippen molar-refractivity contribution >= 4 is 5.78 Å². The van der Waals surface area contributed by atoms with Gasteiger partial charge in [0.1, 0.15) is 0 Å². The predicted octanol–water partition coefficient (Wildman–Crippen LogP) is 2.18. The lowest BCUT2D eigenvalue weighted by Crippen LogP contribution is -2.21. The molecule has 0 N–H and O–H groups in total. The Morgan fingerprint density at radius 1 is 1.46 bits per heavy atom. The van der Waals surface area contributed by atoms with Crippen LogP contribution in [0.4, 0.5) is 4.39 Å². The highest BCUT2D eigenvalue weighted by Gasteiger charge is 2.11. The summed E-state index contributed by atoms with van der Waals surface area (Å²) in [4.78, 5) is 10.8. The number of hydrogen-bond donors (Lipinski definition) is 0. The summed E-state index contributed by atoms with van der Waals surface area (Å²) < 4.78 is 18.1. The van der Waals surface area contributed by atoms with Crippen LogP contribution in [0.15, 0.2) is 24.3 Å². The smallest absolute Gasteiger partial charge is 0.169 e. The minimum Gasteiger partial charge on any atom is -0.480 e. The molecule has 0 aliphatic rings. The fraction of sp³-hybridized carbons (Fsp3) is 0.300. The third-order valence-electron chi connectivity index (χ3n) is 1.71. The number of halogens is 1. The molecule has 0 spiro atoms. The van der Waals surface area contributed by atoms with Crippen LogP contribution in [0.3, 0.4) is 0 Å². The van der Waals surface area contributed by atoms with Gasteiger partial charge in [0, 0.05) is 0 Å². The number of carbonyl (C=O) groups is 1. The lowest BCUT2D eigenvalue weighted by molar-refractivity contribution is -0.122. The molecular weight excluding hydrogens is 171 g/mol. The van der Waals surface area contributed by atoms with Gasteiger partial charge >= 0.3 is 0 Å². The maximum Gasteiger partial charge on any atom is 0.169 e. The Balaban J connectivity index is 2.74. The first-order valence-corrected chi connectivity index (χ1v) is 4.03. The van der Waals surface area contributed by atoms with E-state index in [1.54, 1.807) is 19.1 Å². The minimum atomic E-state index is -0.600. The number of Topliss-reactive ketones (excluding diaryl/α,β-unsaturated/α-hetero) is 1. The number of ether oxygens (including phenoxy) is 1. The monoisotopic (exact) mass is 182 g/mol. The molecule has 0 aromatic heterocycles. The normalized spacial score (nSPS) is 12.2. The van der Waals surface area contributed by atoms with Crippen molar-refractivity contribution in [3.05, 3.63) is 30.1 Å². The van der Waals surface area contributed by atoms with E-state index in [4.69, 9.17) is 4.74 Å². The van der Waals surface area contributed by atoms with Crippen LogP contribution < -0.4 is 4.74 Å². The summed E-state index contributed by atoms with van der Waals surface area (Å²) in [6.45, 7) is 3.00. The van der Waals surface area contributed by atoms with Crippen LogP contribution in [0.1, 0.15) is 13.8 Å². The Morgan fingerprint density at radius 3 is 2.62 bits per heavy atom. The Bertz CT molecular complexity index is 310. The number of ketones is 1. The second-order valence-corrected chi connectivity index (χ2v) is 2.80. The van der Waals surface area contributed by atoms with Crippen LogP contribution in [-0.4, -0.2) is 11.9 Å². The molecule has 0 heterocycles. The van der Waals surface area contributed by atoms with E-state index in [0.29, 0.717) is 0 Å². The Morgan fingerprint density at radius 2 is 2.08 bits per heavy atom. The SMILES string of the molecule is CC(=O)[C@H](C)Oc1ccccc1F. The number of para-hydroxylation sites is 1. The summed E-state index contributed by atoms with van der Waals surface area (Å²) in [6, 6.07) is 6.02. The molecule has 0 unspecified atom stereocenters. The van der Waals surface area contributed by atoms with Gasteiger partial charge in [0.05, 0.1) is 0 Å². The standard InChI is InChI=1S/C10H11FO2/c1-7(12)8(2)13-10-6-4-3-5-9(10)11/h3-6,8H,1-2H3/t8-/m0/s1. The molecule has 0 amide bonds. The van der Waals surface area contributed by atoms with Gasteiger partial charge in [-0.2, -0.15) is 0 Å². The van der Waals surface area contributed by atoms with Gasteiger partial charge < -0.3 is 4.74 Å². The average molecular weight is 182 g/mol. The first-order valence-electron chi connectivity index (χ1n) is 4.03. The van der Waals surface area contributed by atoms with Crippen molar-refractivity contribution in [3.63, 3.8) is 0 Å². The minimum absolute atomic E-state index is 0.116. The largest absolute Gasteiger partial charge is 0.480 e. The summed E-state index contributed by atoms with van der Waals surface area (Å²) in [7, 11) is 0. The van der Waals surface area contributed by atoms with E-state index < -0.39 is 11.9 Å². The van der Waals surface area contributed by atoms with Gasteiger partial charge in [-0.05, 0) is 26.0 Å². The van der Waals surface area contributed by atoms with Crippen molar-refractivity contribution in [2.24, 2.45) is 0 Å². The van der Waals surface area contributed by atoms with Gasteiger partial charge in [0.2, 0.25) is 0 Å². The number of hydrogen-bond acceptors (Lipinski definition) is 2. The van der Waals surface area contributed by atoms with Crippen LogP contribution in [0, 0.1) is 5.82 Å². The number of benzene rings is 1. The van der Waals surface area contributed by atoms with Crippen molar-refractivity contribution in [2.45, 2.75) is 20.0 Å². The molecule has 0 saturated heterocycles. The summed E-state index contributed by atoms with van der Waals surface area (Å²) in [6.07, 6.45) is -0.600. The zero-order chi connectivity index (χ0) is 9.84. The Kier molecular flexibility index (Phi) is 3.01. The van der Waals surface area contributed by atoms with Gasteiger partial charge in [-0.1, -0.05) is 12.1 Å². The summed E-state index contributed by atoms with van der Waals surface area (Å²) in [5.41, 5.74) is 0. The second-order valence-electron chi connectivity index (χ2n) is 2.80. The highest BCUT2D eigenvalue weighted by Crippen LogP contribution is 2.16. The highest BCUT2D eigenvalue weighted by molar-refractivity contribution is 5.80. The first kappa shape index (κ1) is 9.71. The Labute approximate surface area is 76.3 Å². The van der Waals surface area contributed by atoms with E-state index in [1.807, 2.05) is 0 Å². The van der Waals surface area contributed by atoms with E-state index in [9.17, 15) is 9.18 Å². The molecule has 1 aromatic rings. The van der Waals surface area contributed by atoms with Crippen LogP contribution in [0.5, 0.6) is 5.75 Å². The van der Waals surface area contributed by atoms with Gasteiger partial charge in [-0.15, -0.1) is 0 Å². The molecule has 0 radical (unpaired) electrons. The van der Waals surface area contributed by atoms with Gasteiger partial charge in [-0.25, -0.2) is 4.39 Å². The fourth-order valence-corrected chi connectivity index (χ4v) is 0.814. The molecule has 13 heavy (non-hydrogen) atoms. The summed E-state index contributed by atoms with van der Waals surface area (Å²) in [5.74, 6) is -0.455. The van der Waals surface area contributed by atoms with Gasteiger partial charge in [-0.3, -0.25) is 4.79 Å². The van der Waals surface area contributed by atoms with Crippen LogP contribution in [-0.2, 0) is 4.79 Å². The highest BCUT2D eigenvalue weighted by atomic mass is 19.1. The van der Waals surface area contributed by atoms with Crippen molar-refractivity contribution in [2.75, 3.05) is 0 Å². The maximum atomic E-state index is 13.0. The second kappa shape index (κ2) is 4.03. The molecule has 1 rings (SSSR count).